The van der Waals surface area contributed by atoms with Gasteiger partial charge in [-0.1, -0.05) is 30.3 Å². The molecule has 0 aromatic heterocycles. The molecule has 1 aromatic carbocycles. The Hall–Kier alpha value is -0.860. The van der Waals surface area contributed by atoms with Crippen molar-refractivity contribution in [2.75, 3.05) is 20.1 Å². The molecule has 2 atom stereocenters. The molecule has 1 N–H and O–H groups in total. The van der Waals surface area contributed by atoms with Crippen LogP contribution in [0.1, 0.15) is 30.7 Å². The lowest BCUT2D eigenvalue weighted by Crippen LogP contribution is -2.41. The summed E-state index contributed by atoms with van der Waals surface area (Å²) in [5.74, 6) is 0.774. The number of hydrogen-bond acceptors (Lipinski definition) is 2. The van der Waals surface area contributed by atoms with Gasteiger partial charge in [-0.15, -0.1) is 0 Å². The molecule has 2 heteroatoms. The van der Waals surface area contributed by atoms with Crippen molar-refractivity contribution in [3.05, 3.63) is 35.9 Å². The minimum absolute atomic E-state index is 0.741. The monoisotopic (exact) mass is 230 g/mol. The van der Waals surface area contributed by atoms with E-state index in [-0.39, 0.29) is 0 Å². The van der Waals surface area contributed by atoms with Crippen LogP contribution in [0.15, 0.2) is 30.3 Å². The molecule has 3 rings (SSSR count). The molecular weight excluding hydrogens is 208 g/mol. The van der Waals surface area contributed by atoms with Crippen molar-refractivity contribution in [2.24, 2.45) is 0 Å². The molecule has 1 heterocycles. The topological polar surface area (TPSA) is 15.3 Å². The highest BCUT2D eigenvalue weighted by Crippen LogP contribution is 2.41. The summed E-state index contributed by atoms with van der Waals surface area (Å²) in [6.07, 6.45) is 3.96. The third-order valence-corrected chi connectivity index (χ3v) is 4.19. The van der Waals surface area contributed by atoms with Crippen molar-refractivity contribution in [3.63, 3.8) is 0 Å². The quantitative estimate of drug-likeness (QED) is 0.856. The number of nitrogens with one attached hydrogen (secondary N) is 1. The molecular formula is C15H22N2. The molecule has 1 saturated heterocycles. The minimum atomic E-state index is 0.741. The van der Waals surface area contributed by atoms with Gasteiger partial charge >= 0.3 is 0 Å². The average Bonchev–Trinajstić information content (AvgIpc) is 3.13. The van der Waals surface area contributed by atoms with Gasteiger partial charge in [0.15, 0.2) is 0 Å². The van der Waals surface area contributed by atoms with Gasteiger partial charge in [-0.05, 0) is 45.0 Å². The highest BCUT2D eigenvalue weighted by Gasteiger charge is 2.39. The van der Waals surface area contributed by atoms with E-state index in [0.29, 0.717) is 0 Å². The number of nitrogens with zero attached hydrogens (tertiary/aromatic N) is 1. The first-order valence-electron chi connectivity index (χ1n) is 6.82. The highest BCUT2D eigenvalue weighted by atomic mass is 15.1. The fourth-order valence-electron chi connectivity index (χ4n) is 2.93. The fraction of sp³-hybridized carbons (Fsp3) is 0.600. The Kier molecular flexibility index (Phi) is 3.17. The Morgan fingerprint density at radius 2 is 1.82 bits per heavy atom. The molecule has 92 valence electrons. The van der Waals surface area contributed by atoms with E-state index in [9.17, 15) is 0 Å². The number of rotatable bonds is 3. The van der Waals surface area contributed by atoms with E-state index in [1.807, 2.05) is 0 Å². The van der Waals surface area contributed by atoms with Gasteiger partial charge in [0.1, 0.15) is 0 Å². The molecule has 0 radical (unpaired) electrons. The largest absolute Gasteiger partial charge is 0.311 e. The van der Waals surface area contributed by atoms with Gasteiger partial charge in [0.25, 0.3) is 0 Å². The standard InChI is InChI=1S/C15H22N2/c1-17-9-7-13(8-10-17)16-15-11-14(15)12-5-3-2-4-6-12/h2-6,13-16H,7-11H2,1H3/t14?,15-/m0/s1. The van der Waals surface area contributed by atoms with Crippen molar-refractivity contribution < 1.29 is 0 Å². The van der Waals surface area contributed by atoms with E-state index in [1.54, 1.807) is 0 Å². The van der Waals surface area contributed by atoms with Gasteiger partial charge < -0.3 is 10.2 Å². The lowest BCUT2D eigenvalue weighted by molar-refractivity contribution is 0.233. The molecule has 1 aromatic rings. The van der Waals surface area contributed by atoms with Crippen molar-refractivity contribution in [3.8, 4) is 0 Å². The predicted octanol–water partition coefficient (Wildman–Crippen LogP) is 2.23. The third kappa shape index (κ3) is 2.70. The van der Waals surface area contributed by atoms with Crippen molar-refractivity contribution in [2.45, 2.75) is 37.3 Å². The molecule has 0 bridgehead atoms. The van der Waals surface area contributed by atoms with E-state index in [2.05, 4.69) is 47.6 Å². The second kappa shape index (κ2) is 4.79. The maximum absolute atomic E-state index is 3.84. The SMILES string of the molecule is CN1CCC(N[C@H]2CC2c2ccccc2)CC1. The molecule has 2 nitrogen and oxygen atoms in total. The smallest absolute Gasteiger partial charge is 0.0145 e. The van der Waals surface area contributed by atoms with Crippen molar-refractivity contribution in [1.29, 1.82) is 0 Å². The molecule has 0 spiro atoms. The Morgan fingerprint density at radius 1 is 1.12 bits per heavy atom. The molecule has 0 amide bonds. The van der Waals surface area contributed by atoms with Crippen LogP contribution in [0.25, 0.3) is 0 Å². The second-order valence-electron chi connectivity index (χ2n) is 5.60. The summed E-state index contributed by atoms with van der Waals surface area (Å²) in [4.78, 5) is 2.43. The van der Waals surface area contributed by atoms with Crippen molar-refractivity contribution in [1.82, 2.24) is 10.2 Å². The van der Waals surface area contributed by atoms with Crippen LogP contribution in [0.3, 0.4) is 0 Å². The highest BCUT2D eigenvalue weighted by molar-refractivity contribution is 5.27. The summed E-state index contributed by atoms with van der Waals surface area (Å²) in [5, 5.41) is 3.84. The van der Waals surface area contributed by atoms with Crippen LogP contribution in [0, 0.1) is 0 Å². The minimum Gasteiger partial charge on any atom is -0.311 e. The molecule has 17 heavy (non-hydrogen) atoms. The maximum atomic E-state index is 3.84. The van der Waals surface area contributed by atoms with Gasteiger partial charge in [-0.3, -0.25) is 0 Å². The van der Waals surface area contributed by atoms with Crippen LogP contribution in [0.2, 0.25) is 0 Å². The third-order valence-electron chi connectivity index (χ3n) is 4.19. The molecule has 1 aliphatic carbocycles. The van der Waals surface area contributed by atoms with Crippen LogP contribution < -0.4 is 5.32 Å². The zero-order chi connectivity index (χ0) is 11.7. The Labute approximate surface area is 104 Å². The van der Waals surface area contributed by atoms with Crippen LogP contribution in [-0.2, 0) is 0 Å². The predicted molar refractivity (Wildman–Crippen MR) is 71.2 cm³/mol. The fourth-order valence-corrected chi connectivity index (χ4v) is 2.93. The number of benzene rings is 1. The molecule has 1 aliphatic heterocycles. The van der Waals surface area contributed by atoms with Gasteiger partial charge in [0, 0.05) is 18.0 Å². The van der Waals surface area contributed by atoms with Gasteiger partial charge in [-0.2, -0.15) is 0 Å². The van der Waals surface area contributed by atoms with Gasteiger partial charge in [0.05, 0.1) is 0 Å². The normalized spacial score (nSPS) is 30.4. The summed E-state index contributed by atoms with van der Waals surface area (Å²) in [7, 11) is 2.22. The first-order valence-corrected chi connectivity index (χ1v) is 6.82. The zero-order valence-electron chi connectivity index (χ0n) is 10.6. The average molecular weight is 230 g/mol. The second-order valence-corrected chi connectivity index (χ2v) is 5.60. The summed E-state index contributed by atoms with van der Waals surface area (Å²) in [6.45, 7) is 2.50. The molecule has 1 saturated carbocycles. The van der Waals surface area contributed by atoms with Crippen LogP contribution >= 0.6 is 0 Å². The van der Waals surface area contributed by atoms with E-state index in [4.69, 9.17) is 0 Å². The number of piperidine rings is 1. The summed E-state index contributed by atoms with van der Waals surface area (Å²) < 4.78 is 0. The lowest BCUT2D eigenvalue weighted by Gasteiger charge is -2.29. The lowest BCUT2D eigenvalue weighted by atomic mass is 10.1. The van der Waals surface area contributed by atoms with Crippen LogP contribution in [-0.4, -0.2) is 37.1 Å². The van der Waals surface area contributed by atoms with E-state index < -0.39 is 0 Å². The van der Waals surface area contributed by atoms with E-state index >= 15 is 0 Å². The summed E-state index contributed by atoms with van der Waals surface area (Å²) >= 11 is 0. The van der Waals surface area contributed by atoms with E-state index in [0.717, 1.165) is 18.0 Å². The van der Waals surface area contributed by atoms with E-state index in [1.165, 1.54) is 37.9 Å². The summed E-state index contributed by atoms with van der Waals surface area (Å²) in [5.41, 5.74) is 1.51. The summed E-state index contributed by atoms with van der Waals surface area (Å²) in [6, 6.07) is 12.4. The zero-order valence-corrected chi connectivity index (χ0v) is 10.6. The van der Waals surface area contributed by atoms with Crippen LogP contribution in [0.5, 0.6) is 0 Å². The Bertz CT molecular complexity index is 354. The van der Waals surface area contributed by atoms with Gasteiger partial charge in [-0.25, -0.2) is 0 Å². The molecule has 2 aliphatic rings. The first kappa shape index (κ1) is 11.2. The molecule has 2 fully saturated rings. The Balaban J connectivity index is 1.49. The first-order chi connectivity index (χ1) is 8.33. The van der Waals surface area contributed by atoms with Crippen molar-refractivity contribution >= 4 is 0 Å². The maximum Gasteiger partial charge on any atom is 0.0145 e. The molecule has 1 unspecified atom stereocenters. The number of hydrogen-bond donors (Lipinski definition) is 1. The Morgan fingerprint density at radius 3 is 2.53 bits per heavy atom. The van der Waals surface area contributed by atoms with Crippen LogP contribution in [0.4, 0.5) is 0 Å². The van der Waals surface area contributed by atoms with Gasteiger partial charge in [0.2, 0.25) is 0 Å². The number of likely N-dealkylation sites (tertiary alicyclic amines) is 1.